The van der Waals surface area contributed by atoms with E-state index in [1.165, 1.54) is 5.56 Å². The predicted molar refractivity (Wildman–Crippen MR) is 76.9 cm³/mol. The van der Waals surface area contributed by atoms with Gasteiger partial charge in [-0.1, -0.05) is 53.2 Å². The standard InChI is InChI=1S/C14H18BrN3/c1-3-14(10-15,12-7-5-4-6-8-12)9-13-16-11-17-18(13)2/h4-8,11H,3,9-10H2,1-2H3. The minimum absolute atomic E-state index is 0.0854. The van der Waals surface area contributed by atoms with Gasteiger partial charge in [0.15, 0.2) is 0 Å². The molecule has 4 heteroatoms. The Balaban J connectivity index is 2.36. The number of aryl methyl sites for hydroxylation is 1. The SMILES string of the molecule is CCC(CBr)(Cc1ncnn1C)c1ccccc1. The van der Waals surface area contributed by atoms with Gasteiger partial charge in [-0.05, 0) is 12.0 Å². The highest BCUT2D eigenvalue weighted by Crippen LogP contribution is 2.33. The molecular weight excluding hydrogens is 290 g/mol. The molecule has 0 aliphatic heterocycles. The van der Waals surface area contributed by atoms with Gasteiger partial charge < -0.3 is 0 Å². The summed E-state index contributed by atoms with van der Waals surface area (Å²) >= 11 is 3.68. The second kappa shape index (κ2) is 5.65. The molecule has 0 aliphatic rings. The molecule has 0 saturated heterocycles. The molecule has 1 aromatic heterocycles. The van der Waals surface area contributed by atoms with Gasteiger partial charge in [-0.3, -0.25) is 4.68 Å². The largest absolute Gasteiger partial charge is 0.253 e. The Bertz CT molecular complexity index is 489. The Morgan fingerprint density at radius 2 is 2.00 bits per heavy atom. The van der Waals surface area contributed by atoms with Crippen molar-refractivity contribution in [2.45, 2.75) is 25.2 Å². The molecule has 0 radical (unpaired) electrons. The number of alkyl halides is 1. The Morgan fingerprint density at radius 3 is 2.50 bits per heavy atom. The third-order valence-corrected chi connectivity index (χ3v) is 4.69. The van der Waals surface area contributed by atoms with Crippen molar-refractivity contribution in [3.05, 3.63) is 48.0 Å². The summed E-state index contributed by atoms with van der Waals surface area (Å²) in [5.74, 6) is 1.03. The molecule has 0 N–H and O–H groups in total. The van der Waals surface area contributed by atoms with E-state index in [0.29, 0.717) is 0 Å². The van der Waals surface area contributed by atoms with E-state index in [2.05, 4.69) is 63.3 Å². The van der Waals surface area contributed by atoms with Crippen LogP contribution in [0.15, 0.2) is 36.7 Å². The van der Waals surface area contributed by atoms with Crippen molar-refractivity contribution in [1.82, 2.24) is 14.8 Å². The van der Waals surface area contributed by atoms with E-state index in [-0.39, 0.29) is 5.41 Å². The number of hydrogen-bond donors (Lipinski definition) is 0. The fourth-order valence-corrected chi connectivity index (χ4v) is 3.14. The minimum Gasteiger partial charge on any atom is -0.253 e. The summed E-state index contributed by atoms with van der Waals surface area (Å²) in [4.78, 5) is 4.35. The monoisotopic (exact) mass is 307 g/mol. The van der Waals surface area contributed by atoms with Crippen molar-refractivity contribution in [1.29, 1.82) is 0 Å². The van der Waals surface area contributed by atoms with E-state index in [0.717, 1.165) is 24.0 Å². The predicted octanol–water partition coefficient (Wildman–Crippen LogP) is 3.10. The van der Waals surface area contributed by atoms with Crippen LogP contribution in [0.5, 0.6) is 0 Å². The van der Waals surface area contributed by atoms with Crippen molar-refractivity contribution in [3.63, 3.8) is 0 Å². The molecule has 1 aromatic carbocycles. The zero-order chi connectivity index (χ0) is 13.0. The van der Waals surface area contributed by atoms with Crippen LogP contribution in [0.2, 0.25) is 0 Å². The molecule has 18 heavy (non-hydrogen) atoms. The van der Waals surface area contributed by atoms with Gasteiger partial charge in [-0.15, -0.1) is 0 Å². The zero-order valence-electron chi connectivity index (χ0n) is 10.8. The third-order valence-electron chi connectivity index (χ3n) is 3.62. The molecule has 0 fully saturated rings. The summed E-state index contributed by atoms with van der Waals surface area (Å²) in [5, 5.41) is 5.08. The molecule has 0 amide bonds. The van der Waals surface area contributed by atoms with Gasteiger partial charge in [0, 0.05) is 24.2 Å². The van der Waals surface area contributed by atoms with Gasteiger partial charge >= 0.3 is 0 Å². The van der Waals surface area contributed by atoms with Gasteiger partial charge in [-0.2, -0.15) is 5.10 Å². The summed E-state index contributed by atoms with van der Waals surface area (Å²) in [7, 11) is 1.95. The average molecular weight is 308 g/mol. The van der Waals surface area contributed by atoms with Crippen LogP contribution in [0.1, 0.15) is 24.7 Å². The lowest BCUT2D eigenvalue weighted by Gasteiger charge is -2.31. The molecule has 96 valence electrons. The molecule has 1 atom stereocenters. The van der Waals surface area contributed by atoms with Gasteiger partial charge in [-0.25, -0.2) is 4.98 Å². The summed E-state index contributed by atoms with van der Waals surface area (Å²) in [6, 6.07) is 10.6. The molecule has 0 aliphatic carbocycles. The lowest BCUT2D eigenvalue weighted by Crippen LogP contribution is -2.31. The first kappa shape index (κ1) is 13.3. The first-order valence-corrected chi connectivity index (χ1v) is 7.28. The topological polar surface area (TPSA) is 30.7 Å². The van der Waals surface area contributed by atoms with Gasteiger partial charge in [0.25, 0.3) is 0 Å². The highest BCUT2D eigenvalue weighted by Gasteiger charge is 2.31. The molecule has 3 nitrogen and oxygen atoms in total. The molecule has 0 spiro atoms. The molecule has 1 unspecified atom stereocenters. The fraction of sp³-hybridized carbons (Fsp3) is 0.429. The van der Waals surface area contributed by atoms with Crippen LogP contribution in [0.3, 0.4) is 0 Å². The molecular formula is C14H18BrN3. The molecule has 0 bridgehead atoms. The Kier molecular flexibility index (Phi) is 4.17. The van der Waals surface area contributed by atoms with Gasteiger partial charge in [0.05, 0.1) is 0 Å². The first-order chi connectivity index (χ1) is 8.72. The van der Waals surface area contributed by atoms with E-state index in [9.17, 15) is 0 Å². The maximum atomic E-state index is 4.35. The van der Waals surface area contributed by atoms with Crippen molar-refractivity contribution in [2.75, 3.05) is 5.33 Å². The Hall–Kier alpha value is -1.16. The van der Waals surface area contributed by atoms with Crippen LogP contribution in [0, 0.1) is 0 Å². The maximum absolute atomic E-state index is 4.35. The summed E-state index contributed by atoms with van der Waals surface area (Å²) in [6.07, 6.45) is 3.58. The van der Waals surface area contributed by atoms with E-state index in [1.807, 2.05) is 11.7 Å². The lowest BCUT2D eigenvalue weighted by atomic mass is 9.77. The summed E-state index contributed by atoms with van der Waals surface area (Å²) < 4.78 is 1.86. The molecule has 2 rings (SSSR count). The summed E-state index contributed by atoms with van der Waals surface area (Å²) in [6.45, 7) is 2.23. The van der Waals surface area contributed by atoms with Crippen molar-refractivity contribution >= 4 is 15.9 Å². The van der Waals surface area contributed by atoms with Crippen molar-refractivity contribution in [2.24, 2.45) is 7.05 Å². The smallest absolute Gasteiger partial charge is 0.138 e. The summed E-state index contributed by atoms with van der Waals surface area (Å²) in [5.41, 5.74) is 1.44. The number of benzene rings is 1. The third kappa shape index (κ3) is 2.48. The highest BCUT2D eigenvalue weighted by atomic mass is 79.9. The van der Waals surface area contributed by atoms with E-state index in [1.54, 1.807) is 6.33 Å². The molecule has 0 saturated carbocycles. The Morgan fingerprint density at radius 1 is 1.28 bits per heavy atom. The molecule has 1 heterocycles. The first-order valence-electron chi connectivity index (χ1n) is 6.16. The van der Waals surface area contributed by atoms with Crippen LogP contribution < -0.4 is 0 Å². The van der Waals surface area contributed by atoms with Gasteiger partial charge in [0.1, 0.15) is 12.2 Å². The van der Waals surface area contributed by atoms with Crippen LogP contribution >= 0.6 is 15.9 Å². The Labute approximate surface area is 116 Å². The maximum Gasteiger partial charge on any atom is 0.138 e. The van der Waals surface area contributed by atoms with E-state index < -0.39 is 0 Å². The van der Waals surface area contributed by atoms with E-state index in [4.69, 9.17) is 0 Å². The minimum atomic E-state index is 0.0854. The fourth-order valence-electron chi connectivity index (χ4n) is 2.22. The number of nitrogens with zero attached hydrogens (tertiary/aromatic N) is 3. The van der Waals surface area contributed by atoms with E-state index >= 15 is 0 Å². The lowest BCUT2D eigenvalue weighted by molar-refractivity contribution is 0.443. The van der Waals surface area contributed by atoms with Crippen LogP contribution in [-0.2, 0) is 18.9 Å². The zero-order valence-corrected chi connectivity index (χ0v) is 12.4. The van der Waals surface area contributed by atoms with Crippen LogP contribution in [0.25, 0.3) is 0 Å². The second-order valence-corrected chi connectivity index (χ2v) is 5.17. The number of rotatable bonds is 5. The second-order valence-electron chi connectivity index (χ2n) is 4.61. The normalized spacial score (nSPS) is 14.4. The van der Waals surface area contributed by atoms with Crippen LogP contribution in [-0.4, -0.2) is 20.1 Å². The van der Waals surface area contributed by atoms with Crippen LogP contribution in [0.4, 0.5) is 0 Å². The van der Waals surface area contributed by atoms with Gasteiger partial charge in [0.2, 0.25) is 0 Å². The number of aromatic nitrogens is 3. The van der Waals surface area contributed by atoms with Crippen molar-refractivity contribution in [3.8, 4) is 0 Å². The average Bonchev–Trinajstić information content (AvgIpc) is 2.82. The quantitative estimate of drug-likeness (QED) is 0.795. The number of halogens is 1. The molecule has 2 aromatic rings. The number of hydrogen-bond acceptors (Lipinski definition) is 2. The highest BCUT2D eigenvalue weighted by molar-refractivity contribution is 9.09. The van der Waals surface area contributed by atoms with Crippen molar-refractivity contribution < 1.29 is 0 Å².